The molecule has 0 aliphatic heterocycles. The summed E-state index contributed by atoms with van der Waals surface area (Å²) in [6, 6.07) is 7.90. The first-order valence-corrected chi connectivity index (χ1v) is 5.48. The molecule has 16 heavy (non-hydrogen) atoms. The van der Waals surface area contributed by atoms with Gasteiger partial charge in [-0.15, -0.1) is 0 Å². The van der Waals surface area contributed by atoms with E-state index in [-0.39, 0.29) is 5.88 Å². The van der Waals surface area contributed by atoms with Crippen molar-refractivity contribution in [2.75, 3.05) is 0 Å². The predicted molar refractivity (Wildman–Crippen MR) is 64.1 cm³/mol. The molecule has 0 unspecified atom stereocenters. The third-order valence-electron chi connectivity index (χ3n) is 2.85. The lowest BCUT2D eigenvalue weighted by molar-refractivity contribution is 0.428. The molecule has 0 bridgehead atoms. The molecular weight excluding hydrogens is 200 g/mol. The third-order valence-corrected chi connectivity index (χ3v) is 2.85. The summed E-state index contributed by atoms with van der Waals surface area (Å²) >= 11 is 0. The van der Waals surface area contributed by atoms with Gasteiger partial charge in [-0.05, 0) is 31.9 Å². The van der Waals surface area contributed by atoms with Crippen LogP contribution in [0.3, 0.4) is 0 Å². The summed E-state index contributed by atoms with van der Waals surface area (Å²) in [7, 11) is 0. The van der Waals surface area contributed by atoms with Crippen LogP contribution in [-0.2, 0) is 6.42 Å². The Morgan fingerprint density at radius 3 is 2.50 bits per heavy atom. The van der Waals surface area contributed by atoms with Crippen LogP contribution in [0, 0.1) is 13.8 Å². The van der Waals surface area contributed by atoms with Crippen molar-refractivity contribution >= 4 is 0 Å². The second kappa shape index (κ2) is 4.00. The van der Waals surface area contributed by atoms with Gasteiger partial charge in [0.05, 0.1) is 11.4 Å². The molecule has 1 aromatic heterocycles. The van der Waals surface area contributed by atoms with Crippen LogP contribution < -0.4 is 0 Å². The zero-order valence-corrected chi connectivity index (χ0v) is 9.86. The molecule has 0 aliphatic carbocycles. The predicted octanol–water partition coefficient (Wildman–Crippen LogP) is 2.76. The van der Waals surface area contributed by atoms with Gasteiger partial charge < -0.3 is 5.11 Å². The van der Waals surface area contributed by atoms with Crippen LogP contribution >= 0.6 is 0 Å². The van der Waals surface area contributed by atoms with Crippen molar-refractivity contribution in [2.24, 2.45) is 0 Å². The Kier molecular flexibility index (Phi) is 2.69. The zero-order chi connectivity index (χ0) is 11.7. The number of rotatable bonds is 2. The van der Waals surface area contributed by atoms with E-state index in [2.05, 4.69) is 5.10 Å². The number of hydrogen-bond acceptors (Lipinski definition) is 2. The Morgan fingerprint density at radius 2 is 1.94 bits per heavy atom. The standard InChI is InChI=1S/C13H16N2O/c1-4-11-10(3)14-15(13(11)16)12-8-6-5-7-9(12)2/h5-8,16H,4H2,1-3H3. The summed E-state index contributed by atoms with van der Waals surface area (Å²) in [6.45, 7) is 5.96. The normalized spacial score (nSPS) is 10.7. The molecule has 0 amide bonds. The summed E-state index contributed by atoms with van der Waals surface area (Å²) in [5, 5.41) is 14.5. The van der Waals surface area contributed by atoms with Crippen LogP contribution in [0.25, 0.3) is 5.69 Å². The summed E-state index contributed by atoms with van der Waals surface area (Å²) in [5.74, 6) is 0.259. The zero-order valence-electron chi connectivity index (χ0n) is 9.86. The van der Waals surface area contributed by atoms with Gasteiger partial charge in [0.1, 0.15) is 0 Å². The highest BCUT2D eigenvalue weighted by atomic mass is 16.3. The first kappa shape index (κ1) is 10.7. The molecule has 1 aromatic carbocycles. The molecule has 3 heteroatoms. The lowest BCUT2D eigenvalue weighted by atomic mass is 10.2. The number of hydrogen-bond donors (Lipinski definition) is 1. The fraction of sp³-hybridized carbons (Fsp3) is 0.308. The number of aryl methyl sites for hydroxylation is 2. The van der Waals surface area contributed by atoms with Gasteiger partial charge in [0.2, 0.25) is 5.88 Å². The Bertz CT molecular complexity index is 515. The first-order chi connectivity index (χ1) is 7.65. The average molecular weight is 216 g/mol. The van der Waals surface area contributed by atoms with Gasteiger partial charge in [0, 0.05) is 5.56 Å². The summed E-state index contributed by atoms with van der Waals surface area (Å²) in [4.78, 5) is 0. The second-order valence-electron chi connectivity index (χ2n) is 3.94. The van der Waals surface area contributed by atoms with E-state index in [0.29, 0.717) is 0 Å². The Labute approximate surface area is 95.3 Å². The van der Waals surface area contributed by atoms with Crippen molar-refractivity contribution in [3.05, 3.63) is 41.1 Å². The average Bonchev–Trinajstić information content (AvgIpc) is 2.55. The molecule has 1 heterocycles. The second-order valence-corrected chi connectivity index (χ2v) is 3.94. The highest BCUT2D eigenvalue weighted by Gasteiger charge is 2.14. The van der Waals surface area contributed by atoms with Gasteiger partial charge in [0.25, 0.3) is 0 Å². The van der Waals surface area contributed by atoms with E-state index in [1.165, 1.54) is 0 Å². The van der Waals surface area contributed by atoms with Crippen LogP contribution in [-0.4, -0.2) is 14.9 Å². The Morgan fingerprint density at radius 1 is 1.25 bits per heavy atom. The van der Waals surface area contributed by atoms with Crippen molar-refractivity contribution in [2.45, 2.75) is 27.2 Å². The molecule has 0 saturated carbocycles. The first-order valence-electron chi connectivity index (χ1n) is 5.48. The topological polar surface area (TPSA) is 38.0 Å². The monoisotopic (exact) mass is 216 g/mol. The number of aromatic hydroxyl groups is 1. The van der Waals surface area contributed by atoms with E-state index >= 15 is 0 Å². The van der Waals surface area contributed by atoms with Crippen molar-refractivity contribution < 1.29 is 5.11 Å². The molecule has 84 valence electrons. The smallest absolute Gasteiger partial charge is 0.217 e. The van der Waals surface area contributed by atoms with Gasteiger partial charge in [-0.1, -0.05) is 25.1 Å². The van der Waals surface area contributed by atoms with Crippen LogP contribution in [0.4, 0.5) is 0 Å². The fourth-order valence-corrected chi connectivity index (χ4v) is 1.93. The third kappa shape index (κ3) is 1.58. The van der Waals surface area contributed by atoms with Gasteiger partial charge in [-0.25, -0.2) is 4.68 Å². The molecule has 0 aliphatic rings. The largest absolute Gasteiger partial charge is 0.493 e. The van der Waals surface area contributed by atoms with E-state index in [1.54, 1.807) is 4.68 Å². The molecule has 2 rings (SSSR count). The molecule has 0 radical (unpaired) electrons. The minimum Gasteiger partial charge on any atom is -0.493 e. The molecule has 2 aromatic rings. The number of aromatic nitrogens is 2. The molecule has 0 atom stereocenters. The quantitative estimate of drug-likeness (QED) is 0.838. The molecule has 0 spiro atoms. The van der Waals surface area contributed by atoms with Gasteiger partial charge in [-0.3, -0.25) is 0 Å². The van der Waals surface area contributed by atoms with Crippen molar-refractivity contribution in [3.8, 4) is 11.6 Å². The van der Waals surface area contributed by atoms with Gasteiger partial charge in [-0.2, -0.15) is 5.10 Å². The maximum atomic E-state index is 10.1. The maximum absolute atomic E-state index is 10.1. The van der Waals surface area contributed by atoms with Crippen molar-refractivity contribution in [1.82, 2.24) is 9.78 Å². The highest BCUT2D eigenvalue weighted by Crippen LogP contribution is 2.26. The van der Waals surface area contributed by atoms with Crippen molar-refractivity contribution in [1.29, 1.82) is 0 Å². The van der Waals surface area contributed by atoms with Crippen LogP contribution in [0.1, 0.15) is 23.7 Å². The maximum Gasteiger partial charge on any atom is 0.217 e. The van der Waals surface area contributed by atoms with Crippen LogP contribution in [0.15, 0.2) is 24.3 Å². The van der Waals surface area contributed by atoms with Gasteiger partial charge in [0.15, 0.2) is 0 Å². The van der Waals surface area contributed by atoms with E-state index in [1.807, 2.05) is 45.0 Å². The van der Waals surface area contributed by atoms with Crippen LogP contribution in [0.5, 0.6) is 5.88 Å². The molecule has 0 fully saturated rings. The minimum absolute atomic E-state index is 0.259. The molecular formula is C13H16N2O. The SMILES string of the molecule is CCc1c(C)nn(-c2ccccc2C)c1O. The summed E-state index contributed by atoms with van der Waals surface area (Å²) in [5.41, 5.74) is 3.84. The van der Waals surface area contributed by atoms with Crippen molar-refractivity contribution in [3.63, 3.8) is 0 Å². The van der Waals surface area contributed by atoms with Gasteiger partial charge >= 0.3 is 0 Å². The highest BCUT2D eigenvalue weighted by molar-refractivity contribution is 5.45. The molecule has 0 saturated heterocycles. The Hall–Kier alpha value is -1.77. The fourth-order valence-electron chi connectivity index (χ4n) is 1.93. The number of benzene rings is 1. The summed E-state index contributed by atoms with van der Waals surface area (Å²) < 4.78 is 1.61. The number of nitrogens with zero attached hydrogens (tertiary/aromatic N) is 2. The molecule has 1 N–H and O–H groups in total. The van der Waals surface area contributed by atoms with Crippen LogP contribution in [0.2, 0.25) is 0 Å². The Balaban J connectivity index is 2.62. The van der Waals surface area contributed by atoms with E-state index in [0.717, 1.165) is 28.9 Å². The summed E-state index contributed by atoms with van der Waals surface area (Å²) in [6.07, 6.45) is 0.795. The minimum atomic E-state index is 0.259. The van der Waals surface area contributed by atoms with E-state index in [9.17, 15) is 5.11 Å². The van der Waals surface area contributed by atoms with E-state index in [4.69, 9.17) is 0 Å². The lowest BCUT2D eigenvalue weighted by Crippen LogP contribution is -1.98. The molecule has 3 nitrogen and oxygen atoms in total. The van der Waals surface area contributed by atoms with E-state index < -0.39 is 0 Å². The number of para-hydroxylation sites is 1. The lowest BCUT2D eigenvalue weighted by Gasteiger charge is -2.06.